The van der Waals surface area contributed by atoms with Gasteiger partial charge in [-0.1, -0.05) is 13.8 Å². The Labute approximate surface area is 78.0 Å². The average molecular weight is 174 g/mol. The largest absolute Gasteiger partial charge is 0.346 e. The summed E-state index contributed by atoms with van der Waals surface area (Å²) in [5.74, 6) is 0.549. The molecule has 2 heterocycles. The van der Waals surface area contributed by atoms with E-state index >= 15 is 0 Å². The molecule has 1 atom stereocenters. The molecule has 0 saturated carbocycles. The highest BCUT2D eigenvalue weighted by atomic mass is 14.8. The molecule has 0 aliphatic rings. The summed E-state index contributed by atoms with van der Waals surface area (Å²) in [5, 5.41) is 1.19. The van der Waals surface area contributed by atoms with E-state index in [-0.39, 0.29) is 0 Å². The van der Waals surface area contributed by atoms with Crippen molar-refractivity contribution >= 4 is 11.0 Å². The summed E-state index contributed by atoms with van der Waals surface area (Å²) in [6.45, 7) is 4.39. The minimum absolute atomic E-state index is 0.549. The molecule has 2 nitrogen and oxygen atoms in total. The fourth-order valence-corrected chi connectivity index (χ4v) is 1.43. The van der Waals surface area contributed by atoms with Crippen molar-refractivity contribution < 1.29 is 0 Å². The van der Waals surface area contributed by atoms with Crippen molar-refractivity contribution in [1.82, 2.24) is 9.97 Å². The Balaban J connectivity index is 2.48. The summed E-state index contributed by atoms with van der Waals surface area (Å²) in [7, 11) is 0. The van der Waals surface area contributed by atoms with Crippen molar-refractivity contribution in [3.05, 3.63) is 30.1 Å². The molecule has 2 aromatic rings. The summed E-state index contributed by atoms with van der Waals surface area (Å²) in [6.07, 6.45) is 3.07. The highest BCUT2D eigenvalue weighted by Gasteiger charge is 2.05. The number of fused-ring (bicyclic) bond motifs is 1. The number of nitrogens with zero attached hydrogens (tertiary/aromatic N) is 1. The van der Waals surface area contributed by atoms with Crippen LogP contribution in [0.5, 0.6) is 0 Å². The Kier molecular flexibility index (Phi) is 2.05. The van der Waals surface area contributed by atoms with Crippen LogP contribution in [-0.4, -0.2) is 9.97 Å². The summed E-state index contributed by atoms with van der Waals surface area (Å²) >= 11 is 0. The van der Waals surface area contributed by atoms with Crippen LogP contribution < -0.4 is 0 Å². The van der Waals surface area contributed by atoms with Crippen molar-refractivity contribution in [3.8, 4) is 0 Å². The molecule has 0 spiro atoms. The van der Waals surface area contributed by atoms with Crippen LogP contribution in [0.1, 0.15) is 31.9 Å². The van der Waals surface area contributed by atoms with Gasteiger partial charge in [0.25, 0.3) is 0 Å². The van der Waals surface area contributed by atoms with Crippen LogP contribution in [-0.2, 0) is 0 Å². The molecule has 13 heavy (non-hydrogen) atoms. The molecule has 1 unspecified atom stereocenters. The Morgan fingerprint density at radius 1 is 1.38 bits per heavy atom. The molecule has 1 N–H and O–H groups in total. The van der Waals surface area contributed by atoms with E-state index in [4.69, 9.17) is 0 Å². The molecule has 0 bridgehead atoms. The van der Waals surface area contributed by atoms with Crippen molar-refractivity contribution in [2.75, 3.05) is 0 Å². The normalized spacial score (nSPS) is 13.4. The van der Waals surface area contributed by atoms with Gasteiger partial charge in [0.2, 0.25) is 0 Å². The van der Waals surface area contributed by atoms with Gasteiger partial charge >= 0.3 is 0 Å². The molecule has 0 saturated heterocycles. The van der Waals surface area contributed by atoms with E-state index in [0.717, 1.165) is 12.1 Å². The third-order valence-electron chi connectivity index (χ3n) is 2.55. The van der Waals surface area contributed by atoms with E-state index in [0.29, 0.717) is 5.92 Å². The van der Waals surface area contributed by atoms with Crippen LogP contribution in [0.3, 0.4) is 0 Å². The second-order valence-electron chi connectivity index (χ2n) is 3.46. The first-order valence-corrected chi connectivity index (χ1v) is 4.75. The second kappa shape index (κ2) is 3.21. The first-order valence-electron chi connectivity index (χ1n) is 4.75. The zero-order valence-corrected chi connectivity index (χ0v) is 8.04. The lowest BCUT2D eigenvalue weighted by Gasteiger charge is -2.06. The first-order chi connectivity index (χ1) is 6.31. The number of hydrogen-bond acceptors (Lipinski definition) is 1. The molecule has 0 aromatic carbocycles. The van der Waals surface area contributed by atoms with Crippen molar-refractivity contribution in [3.63, 3.8) is 0 Å². The fraction of sp³-hybridized carbons (Fsp3) is 0.364. The summed E-state index contributed by atoms with van der Waals surface area (Å²) in [5.41, 5.74) is 2.18. The smallest absolute Gasteiger partial charge is 0.137 e. The van der Waals surface area contributed by atoms with Gasteiger partial charge in [-0.3, -0.25) is 0 Å². The number of pyridine rings is 1. The summed E-state index contributed by atoms with van der Waals surface area (Å²) < 4.78 is 0. The number of hydrogen-bond donors (Lipinski definition) is 1. The van der Waals surface area contributed by atoms with Gasteiger partial charge in [0, 0.05) is 17.3 Å². The molecule has 0 aliphatic carbocycles. The van der Waals surface area contributed by atoms with Crippen LogP contribution >= 0.6 is 0 Å². The molecule has 0 aliphatic heterocycles. The third-order valence-corrected chi connectivity index (χ3v) is 2.55. The number of aromatic amines is 1. The number of rotatable bonds is 2. The van der Waals surface area contributed by atoms with Gasteiger partial charge in [-0.25, -0.2) is 4.98 Å². The number of aromatic nitrogens is 2. The van der Waals surface area contributed by atoms with E-state index in [1.54, 1.807) is 0 Å². The SMILES string of the molecule is CCC(C)c1ccc2cc[nH]c2n1. The molecule has 0 amide bonds. The van der Waals surface area contributed by atoms with Crippen LogP contribution in [0.4, 0.5) is 0 Å². The Morgan fingerprint density at radius 2 is 2.23 bits per heavy atom. The van der Waals surface area contributed by atoms with E-state index in [1.165, 1.54) is 11.1 Å². The first kappa shape index (κ1) is 8.30. The zero-order chi connectivity index (χ0) is 9.26. The van der Waals surface area contributed by atoms with Gasteiger partial charge in [-0.05, 0) is 30.5 Å². The summed E-state index contributed by atoms with van der Waals surface area (Å²) in [4.78, 5) is 7.68. The predicted molar refractivity (Wildman–Crippen MR) is 54.8 cm³/mol. The maximum atomic E-state index is 4.55. The Morgan fingerprint density at radius 3 is 3.00 bits per heavy atom. The number of H-pyrrole nitrogens is 1. The van der Waals surface area contributed by atoms with Crippen molar-refractivity contribution in [1.29, 1.82) is 0 Å². The van der Waals surface area contributed by atoms with Gasteiger partial charge in [-0.15, -0.1) is 0 Å². The van der Waals surface area contributed by atoms with Gasteiger partial charge in [0.05, 0.1) is 0 Å². The molecule has 2 rings (SSSR count). The molecule has 2 aromatic heterocycles. The molecule has 0 fully saturated rings. The third kappa shape index (κ3) is 1.44. The molecule has 0 radical (unpaired) electrons. The minimum Gasteiger partial charge on any atom is -0.346 e. The molecular weight excluding hydrogens is 160 g/mol. The Bertz CT molecular complexity index is 403. The van der Waals surface area contributed by atoms with Gasteiger partial charge in [0.15, 0.2) is 0 Å². The van der Waals surface area contributed by atoms with Gasteiger partial charge in [-0.2, -0.15) is 0 Å². The quantitative estimate of drug-likeness (QED) is 0.744. The lowest BCUT2D eigenvalue weighted by Crippen LogP contribution is -1.94. The zero-order valence-electron chi connectivity index (χ0n) is 8.04. The van der Waals surface area contributed by atoms with Crippen molar-refractivity contribution in [2.24, 2.45) is 0 Å². The highest BCUT2D eigenvalue weighted by Crippen LogP contribution is 2.19. The maximum Gasteiger partial charge on any atom is 0.137 e. The van der Waals surface area contributed by atoms with Crippen LogP contribution in [0.25, 0.3) is 11.0 Å². The molecule has 68 valence electrons. The highest BCUT2D eigenvalue weighted by molar-refractivity contribution is 5.75. The minimum atomic E-state index is 0.549. The van der Waals surface area contributed by atoms with E-state index in [1.807, 2.05) is 12.3 Å². The average Bonchev–Trinajstić information content (AvgIpc) is 2.63. The van der Waals surface area contributed by atoms with Crippen LogP contribution in [0, 0.1) is 0 Å². The van der Waals surface area contributed by atoms with E-state index in [9.17, 15) is 0 Å². The second-order valence-corrected chi connectivity index (χ2v) is 3.46. The van der Waals surface area contributed by atoms with Crippen LogP contribution in [0.15, 0.2) is 24.4 Å². The lowest BCUT2D eigenvalue weighted by molar-refractivity contribution is 0.711. The number of nitrogens with one attached hydrogen (secondary N) is 1. The van der Waals surface area contributed by atoms with Gasteiger partial charge < -0.3 is 4.98 Å². The summed E-state index contributed by atoms with van der Waals surface area (Å²) in [6, 6.07) is 6.29. The van der Waals surface area contributed by atoms with E-state index < -0.39 is 0 Å². The monoisotopic (exact) mass is 174 g/mol. The lowest BCUT2D eigenvalue weighted by atomic mass is 10.0. The van der Waals surface area contributed by atoms with Crippen LogP contribution in [0.2, 0.25) is 0 Å². The van der Waals surface area contributed by atoms with E-state index in [2.05, 4.69) is 35.9 Å². The van der Waals surface area contributed by atoms with Crippen molar-refractivity contribution in [2.45, 2.75) is 26.2 Å². The molecular formula is C11H14N2. The maximum absolute atomic E-state index is 4.55. The standard InChI is InChI=1S/C11H14N2/c1-3-8(2)10-5-4-9-6-7-12-11(9)13-10/h4-8H,3H2,1-2H3,(H,12,13). The predicted octanol–water partition coefficient (Wildman–Crippen LogP) is 3.08. The molecule has 2 heteroatoms. The Hall–Kier alpha value is -1.31. The topological polar surface area (TPSA) is 28.7 Å². The fourth-order valence-electron chi connectivity index (χ4n) is 1.43. The van der Waals surface area contributed by atoms with Gasteiger partial charge in [0.1, 0.15) is 5.65 Å².